The predicted molar refractivity (Wildman–Crippen MR) is 75.1 cm³/mol. The monoisotopic (exact) mass is 364 g/mol. The minimum Gasteiger partial charge on any atom is -0.396 e. The van der Waals surface area contributed by atoms with E-state index in [9.17, 15) is 12.8 Å². The van der Waals surface area contributed by atoms with Crippen LogP contribution in [0.4, 0.5) is 10.1 Å². The van der Waals surface area contributed by atoms with E-state index >= 15 is 0 Å². The van der Waals surface area contributed by atoms with Crippen LogP contribution in [0.3, 0.4) is 0 Å². The van der Waals surface area contributed by atoms with Crippen LogP contribution in [-0.4, -0.2) is 26.7 Å². The summed E-state index contributed by atoms with van der Waals surface area (Å²) < 4.78 is 46.4. The van der Waals surface area contributed by atoms with E-state index in [2.05, 4.69) is 20.7 Å². The smallest absolute Gasteiger partial charge is 0.242 e. The van der Waals surface area contributed by atoms with Gasteiger partial charge in [0.05, 0.1) is 28.8 Å². The molecule has 3 atom stereocenters. The van der Waals surface area contributed by atoms with Crippen LogP contribution in [0.25, 0.3) is 0 Å². The molecule has 20 heavy (non-hydrogen) atoms. The summed E-state index contributed by atoms with van der Waals surface area (Å²) in [5.41, 5.74) is 5.25. The normalized spacial score (nSPS) is 29.0. The molecule has 0 radical (unpaired) electrons. The van der Waals surface area contributed by atoms with Gasteiger partial charge in [-0.05, 0) is 47.3 Å². The van der Waals surface area contributed by atoms with Gasteiger partial charge in [0.15, 0.2) is 0 Å². The molecule has 2 aliphatic heterocycles. The van der Waals surface area contributed by atoms with Crippen LogP contribution in [0.2, 0.25) is 0 Å². The van der Waals surface area contributed by atoms with Gasteiger partial charge in [-0.1, -0.05) is 0 Å². The first kappa shape index (κ1) is 14.2. The lowest BCUT2D eigenvalue weighted by atomic mass is 9.96. The van der Waals surface area contributed by atoms with Crippen LogP contribution < -0.4 is 10.5 Å². The maximum absolute atomic E-state index is 13.3. The average Bonchev–Trinajstić information content (AvgIpc) is 2.95. The molecule has 2 saturated heterocycles. The number of rotatable bonds is 3. The van der Waals surface area contributed by atoms with Crippen molar-refractivity contribution in [2.75, 3.05) is 5.73 Å². The molecule has 0 amide bonds. The highest BCUT2D eigenvalue weighted by atomic mass is 79.9. The molecule has 2 heterocycles. The molecule has 3 N–H and O–H groups in total. The van der Waals surface area contributed by atoms with Crippen LogP contribution in [0, 0.1) is 5.82 Å². The molecule has 2 fully saturated rings. The zero-order chi connectivity index (χ0) is 14.5. The fraction of sp³-hybridized carbons (Fsp3) is 0.500. The van der Waals surface area contributed by atoms with E-state index in [4.69, 9.17) is 10.5 Å². The van der Waals surface area contributed by atoms with E-state index in [-0.39, 0.29) is 33.3 Å². The second-order valence-electron chi connectivity index (χ2n) is 5.14. The van der Waals surface area contributed by atoms with Crippen LogP contribution in [0.15, 0.2) is 21.5 Å². The number of hydrogen-bond acceptors (Lipinski definition) is 4. The highest BCUT2D eigenvalue weighted by Crippen LogP contribution is 2.35. The highest BCUT2D eigenvalue weighted by molar-refractivity contribution is 9.10. The number of nitrogens with two attached hydrogens (primary N) is 1. The molecule has 0 spiro atoms. The second-order valence-corrected chi connectivity index (χ2v) is 7.68. The Morgan fingerprint density at radius 1 is 1.40 bits per heavy atom. The molecule has 1 aromatic carbocycles. The zero-order valence-corrected chi connectivity index (χ0v) is 12.9. The van der Waals surface area contributed by atoms with Crippen molar-refractivity contribution in [2.24, 2.45) is 0 Å². The van der Waals surface area contributed by atoms with Crippen LogP contribution in [-0.2, 0) is 14.8 Å². The van der Waals surface area contributed by atoms with Crippen molar-refractivity contribution >= 4 is 31.6 Å². The van der Waals surface area contributed by atoms with Crippen molar-refractivity contribution in [3.63, 3.8) is 0 Å². The number of sulfonamides is 1. The lowest BCUT2D eigenvalue weighted by molar-refractivity contribution is 0.0996. The third-order valence-electron chi connectivity index (χ3n) is 3.75. The molecule has 8 heteroatoms. The quantitative estimate of drug-likeness (QED) is 0.800. The Morgan fingerprint density at radius 2 is 2.15 bits per heavy atom. The summed E-state index contributed by atoms with van der Waals surface area (Å²) in [6.45, 7) is 0. The van der Waals surface area contributed by atoms with E-state index in [1.165, 1.54) is 0 Å². The first-order chi connectivity index (χ1) is 9.37. The van der Waals surface area contributed by atoms with Gasteiger partial charge in [-0.2, -0.15) is 0 Å². The molecule has 2 aliphatic rings. The van der Waals surface area contributed by atoms with Gasteiger partial charge in [0.1, 0.15) is 5.82 Å². The van der Waals surface area contributed by atoms with Gasteiger partial charge in [-0.3, -0.25) is 0 Å². The van der Waals surface area contributed by atoms with Crippen molar-refractivity contribution in [3.8, 4) is 0 Å². The van der Waals surface area contributed by atoms with Gasteiger partial charge in [-0.15, -0.1) is 0 Å². The van der Waals surface area contributed by atoms with E-state index in [1.807, 2.05) is 0 Å². The Bertz CT molecular complexity index is 652. The second kappa shape index (κ2) is 4.94. The van der Waals surface area contributed by atoms with Gasteiger partial charge in [-0.25, -0.2) is 17.5 Å². The summed E-state index contributed by atoms with van der Waals surface area (Å²) in [5, 5.41) is 0. The fourth-order valence-corrected chi connectivity index (χ4v) is 5.10. The Kier molecular flexibility index (Phi) is 3.52. The topological polar surface area (TPSA) is 81.4 Å². The van der Waals surface area contributed by atoms with Crippen molar-refractivity contribution < 1.29 is 17.5 Å². The lowest BCUT2D eigenvalue weighted by Gasteiger charge is -2.20. The third-order valence-corrected chi connectivity index (χ3v) is 6.20. The van der Waals surface area contributed by atoms with Crippen LogP contribution in [0.1, 0.15) is 19.3 Å². The molecule has 3 rings (SSSR count). The molecule has 5 nitrogen and oxygen atoms in total. The standard InChI is InChI=1S/C12H14BrFN2O3S/c13-7-4-8(14)9(15)5-12(7)20(17,18)16-10-3-6-1-2-11(10)19-6/h4-6,10-11,16H,1-3,15H2. The van der Waals surface area contributed by atoms with E-state index in [1.54, 1.807) is 0 Å². The van der Waals surface area contributed by atoms with Crippen molar-refractivity contribution in [3.05, 3.63) is 22.4 Å². The molecule has 0 saturated carbocycles. The number of nitrogen functional groups attached to an aromatic ring is 1. The minimum atomic E-state index is -3.76. The van der Waals surface area contributed by atoms with Crippen LogP contribution >= 0.6 is 15.9 Å². The minimum absolute atomic E-state index is 0.0563. The maximum atomic E-state index is 13.3. The number of hydrogen-bond donors (Lipinski definition) is 2. The first-order valence-electron chi connectivity index (χ1n) is 6.29. The molecule has 3 unspecified atom stereocenters. The van der Waals surface area contributed by atoms with Crippen molar-refractivity contribution in [1.82, 2.24) is 4.72 Å². The Hall–Kier alpha value is -0.700. The summed E-state index contributed by atoms with van der Waals surface area (Å²) in [5.74, 6) is -0.654. The first-order valence-corrected chi connectivity index (χ1v) is 8.57. The average molecular weight is 365 g/mol. The Balaban J connectivity index is 1.87. The summed E-state index contributed by atoms with van der Waals surface area (Å²) in [7, 11) is -3.76. The van der Waals surface area contributed by atoms with Gasteiger partial charge >= 0.3 is 0 Å². The Labute approximate surface area is 124 Å². The fourth-order valence-electron chi connectivity index (χ4n) is 2.78. The van der Waals surface area contributed by atoms with E-state index < -0.39 is 15.8 Å². The molecule has 2 bridgehead atoms. The summed E-state index contributed by atoms with van der Waals surface area (Å²) in [6, 6.07) is 1.95. The molecular weight excluding hydrogens is 351 g/mol. The van der Waals surface area contributed by atoms with Gasteiger partial charge in [0.25, 0.3) is 0 Å². The summed E-state index contributed by atoms with van der Waals surface area (Å²) in [6.07, 6.45) is 2.61. The molecule has 1 aromatic rings. The zero-order valence-electron chi connectivity index (χ0n) is 10.5. The largest absolute Gasteiger partial charge is 0.396 e. The number of ether oxygens (including phenoxy) is 1. The van der Waals surface area contributed by atoms with E-state index in [0.29, 0.717) is 6.42 Å². The molecule has 110 valence electrons. The SMILES string of the molecule is Nc1cc(S(=O)(=O)NC2CC3CCC2O3)c(Br)cc1F. The summed E-state index contributed by atoms with van der Waals surface area (Å²) >= 11 is 3.06. The Morgan fingerprint density at radius 3 is 2.75 bits per heavy atom. The predicted octanol–water partition coefficient (Wildman–Crippen LogP) is 1.77. The number of nitrogens with one attached hydrogen (secondary N) is 1. The third kappa shape index (κ3) is 2.45. The highest BCUT2D eigenvalue weighted by Gasteiger charge is 2.42. The van der Waals surface area contributed by atoms with Crippen molar-refractivity contribution in [2.45, 2.75) is 42.4 Å². The molecule has 0 aromatic heterocycles. The number of benzene rings is 1. The maximum Gasteiger partial charge on any atom is 0.242 e. The van der Waals surface area contributed by atoms with Gasteiger partial charge in [0, 0.05) is 4.47 Å². The van der Waals surface area contributed by atoms with Crippen LogP contribution in [0.5, 0.6) is 0 Å². The van der Waals surface area contributed by atoms with Gasteiger partial charge < -0.3 is 10.5 Å². The molecule has 0 aliphatic carbocycles. The number of halogens is 2. The molecular formula is C12H14BrFN2O3S. The number of anilines is 1. The van der Waals surface area contributed by atoms with Crippen molar-refractivity contribution in [1.29, 1.82) is 0 Å². The number of fused-ring (bicyclic) bond motifs is 2. The summed E-state index contributed by atoms with van der Waals surface area (Å²) in [4.78, 5) is -0.0563. The van der Waals surface area contributed by atoms with E-state index in [0.717, 1.165) is 25.0 Å². The lowest BCUT2D eigenvalue weighted by Crippen LogP contribution is -2.41. The van der Waals surface area contributed by atoms with Gasteiger partial charge in [0.2, 0.25) is 10.0 Å².